The molecule has 7 nitrogen and oxygen atoms in total. The number of H-pyrrole nitrogens is 1. The number of hydrogen-bond acceptors (Lipinski definition) is 5. The summed E-state index contributed by atoms with van der Waals surface area (Å²) in [6, 6.07) is 13.0. The van der Waals surface area contributed by atoms with E-state index in [1.165, 1.54) is 4.68 Å². The molecule has 1 aromatic heterocycles. The summed E-state index contributed by atoms with van der Waals surface area (Å²) in [5.41, 5.74) is 2.12. The number of aromatic nitrogens is 2. The molecular weight excluding hydrogens is 412 g/mol. The molecule has 3 aromatic rings. The molecule has 4 atom stereocenters. The second-order valence-electron chi connectivity index (χ2n) is 8.89. The van der Waals surface area contributed by atoms with Crippen molar-refractivity contribution in [1.82, 2.24) is 9.78 Å². The van der Waals surface area contributed by atoms with Gasteiger partial charge in [-0.15, -0.1) is 0 Å². The number of para-hydroxylation sites is 1. The van der Waals surface area contributed by atoms with Gasteiger partial charge >= 0.3 is 0 Å². The highest BCUT2D eigenvalue weighted by Crippen LogP contribution is 2.46. The molecule has 0 spiro atoms. The fourth-order valence-corrected chi connectivity index (χ4v) is 6.81. The zero-order valence-electron chi connectivity index (χ0n) is 18.3. The summed E-state index contributed by atoms with van der Waals surface area (Å²) >= 11 is 0. The Morgan fingerprint density at radius 3 is 2.65 bits per heavy atom. The van der Waals surface area contributed by atoms with E-state index in [0.717, 1.165) is 11.1 Å². The number of fused-ring (bicyclic) bond motifs is 2. The van der Waals surface area contributed by atoms with Crippen LogP contribution in [0.5, 0.6) is 5.75 Å². The average Bonchev–Trinajstić information content (AvgIpc) is 3.07. The maximum atomic E-state index is 12.9. The van der Waals surface area contributed by atoms with E-state index in [0.29, 0.717) is 23.2 Å². The van der Waals surface area contributed by atoms with Crippen molar-refractivity contribution in [2.45, 2.75) is 44.2 Å². The molecule has 0 radical (unpaired) electrons. The largest absolute Gasteiger partial charge is 0.490 e. The van der Waals surface area contributed by atoms with Crippen molar-refractivity contribution < 1.29 is 19.4 Å². The predicted octanol–water partition coefficient (Wildman–Crippen LogP) is 3.35. The highest BCUT2D eigenvalue weighted by atomic mass is 28.4. The van der Waals surface area contributed by atoms with Crippen LogP contribution in [-0.2, 0) is 4.74 Å². The van der Waals surface area contributed by atoms with Crippen LogP contribution in [0.1, 0.15) is 25.0 Å². The van der Waals surface area contributed by atoms with Gasteiger partial charge in [-0.05, 0) is 49.8 Å². The first-order chi connectivity index (χ1) is 14.8. The van der Waals surface area contributed by atoms with Crippen molar-refractivity contribution in [1.29, 1.82) is 0 Å². The van der Waals surface area contributed by atoms with Crippen LogP contribution in [0.4, 0.5) is 0 Å². The Kier molecular flexibility index (Phi) is 5.82. The van der Waals surface area contributed by atoms with Crippen LogP contribution in [0, 0.1) is 5.92 Å². The lowest BCUT2D eigenvalue weighted by Crippen LogP contribution is -2.48. The molecule has 2 heterocycles. The Balaban J connectivity index is 1.76. The lowest BCUT2D eigenvalue weighted by atomic mass is 9.86. The summed E-state index contributed by atoms with van der Waals surface area (Å²) in [5.74, 6) is 0.645. The molecule has 0 aliphatic carbocycles. The maximum Gasteiger partial charge on any atom is 0.279 e. The van der Waals surface area contributed by atoms with Crippen molar-refractivity contribution in [2.24, 2.45) is 5.92 Å². The van der Waals surface area contributed by atoms with E-state index in [1.54, 1.807) is 13.2 Å². The minimum Gasteiger partial charge on any atom is -0.490 e. The van der Waals surface area contributed by atoms with Gasteiger partial charge in [-0.25, -0.2) is 4.68 Å². The van der Waals surface area contributed by atoms with Gasteiger partial charge in [0.1, 0.15) is 11.9 Å². The minimum absolute atomic E-state index is 0.000973. The number of methoxy groups -OCH3 is 1. The molecular formula is C23H30N2O5Si. The molecule has 0 bridgehead atoms. The number of ether oxygens (including phenoxy) is 2. The van der Waals surface area contributed by atoms with Crippen LogP contribution >= 0.6 is 0 Å². The van der Waals surface area contributed by atoms with E-state index in [9.17, 15) is 14.7 Å². The van der Waals surface area contributed by atoms with E-state index in [2.05, 4.69) is 5.10 Å². The monoisotopic (exact) mass is 442 g/mol. The topological polar surface area (TPSA) is 96.7 Å². The molecule has 0 amide bonds. The van der Waals surface area contributed by atoms with Gasteiger partial charge in [0.2, 0.25) is 0 Å². The van der Waals surface area contributed by atoms with Gasteiger partial charge in [-0.3, -0.25) is 9.89 Å². The molecule has 4 rings (SSSR count). The van der Waals surface area contributed by atoms with Crippen LogP contribution in [-0.4, -0.2) is 47.8 Å². The number of hydrogen-bond donors (Lipinski definition) is 3. The fourth-order valence-electron chi connectivity index (χ4n) is 4.80. The van der Waals surface area contributed by atoms with E-state index in [-0.39, 0.29) is 35.8 Å². The number of rotatable bonds is 6. The van der Waals surface area contributed by atoms with Gasteiger partial charge in [0, 0.05) is 30.7 Å². The standard InChI is InChI=1S/C23H30N2O5Si/c1-14-21(29-2)17-13-15(25-23(27)16-7-5-6-8-18(16)24-25)9-10-19(17)30-22(14)20(11-12-26)31(3,4)28/h5-10,13-14,20-22,24,26,28H,11-12H2,1-4H3/t14-,20?,21-,22-/m1/s1. The van der Waals surface area contributed by atoms with Crippen molar-refractivity contribution >= 4 is 19.2 Å². The summed E-state index contributed by atoms with van der Waals surface area (Å²) in [6.07, 6.45) is -0.0387. The quantitative estimate of drug-likeness (QED) is 0.509. The highest BCUT2D eigenvalue weighted by Gasteiger charge is 2.46. The van der Waals surface area contributed by atoms with Crippen LogP contribution in [0.25, 0.3) is 16.6 Å². The van der Waals surface area contributed by atoms with Crippen LogP contribution in [0.2, 0.25) is 18.6 Å². The number of nitrogens with zero attached hydrogens (tertiary/aromatic N) is 1. The van der Waals surface area contributed by atoms with Gasteiger partial charge in [-0.1, -0.05) is 19.1 Å². The molecule has 31 heavy (non-hydrogen) atoms. The third-order valence-corrected chi connectivity index (χ3v) is 8.84. The van der Waals surface area contributed by atoms with Crippen molar-refractivity contribution in [3.63, 3.8) is 0 Å². The Morgan fingerprint density at radius 1 is 1.26 bits per heavy atom. The molecule has 0 saturated heterocycles. The molecule has 1 aliphatic rings. The van der Waals surface area contributed by atoms with Crippen molar-refractivity contribution in [2.75, 3.05) is 13.7 Å². The zero-order chi connectivity index (χ0) is 22.3. The van der Waals surface area contributed by atoms with Gasteiger partial charge in [-0.2, -0.15) is 0 Å². The van der Waals surface area contributed by atoms with Crippen molar-refractivity contribution in [3.05, 3.63) is 58.4 Å². The lowest BCUT2D eigenvalue weighted by molar-refractivity contribution is -0.0256. The third kappa shape index (κ3) is 3.85. The summed E-state index contributed by atoms with van der Waals surface area (Å²) < 4.78 is 13.8. The second kappa shape index (κ2) is 8.27. The smallest absolute Gasteiger partial charge is 0.279 e. The van der Waals surface area contributed by atoms with Crippen LogP contribution in [0.3, 0.4) is 0 Å². The first kappa shape index (κ1) is 21.8. The van der Waals surface area contributed by atoms with Crippen molar-refractivity contribution in [3.8, 4) is 11.4 Å². The van der Waals surface area contributed by atoms with Gasteiger partial charge in [0.15, 0.2) is 8.32 Å². The molecule has 3 N–H and O–H groups in total. The number of aliphatic hydroxyl groups excluding tert-OH is 1. The fraction of sp³-hybridized carbons (Fsp3) is 0.435. The van der Waals surface area contributed by atoms with E-state index in [1.807, 2.05) is 56.4 Å². The molecule has 0 fully saturated rings. The molecule has 8 heteroatoms. The Bertz CT molecular complexity index is 1130. The number of aromatic amines is 1. The maximum absolute atomic E-state index is 12.9. The van der Waals surface area contributed by atoms with Gasteiger partial charge < -0.3 is 19.4 Å². The Labute approximate surface area is 182 Å². The first-order valence-corrected chi connectivity index (χ1v) is 13.7. The number of aliphatic hydroxyl groups is 1. The van der Waals surface area contributed by atoms with Crippen LogP contribution in [0.15, 0.2) is 47.3 Å². The minimum atomic E-state index is -2.58. The molecule has 166 valence electrons. The summed E-state index contributed by atoms with van der Waals surface area (Å²) in [7, 11) is -0.917. The molecule has 0 saturated carbocycles. The summed E-state index contributed by atoms with van der Waals surface area (Å²) in [4.78, 5) is 23.7. The molecule has 1 aliphatic heterocycles. The zero-order valence-corrected chi connectivity index (χ0v) is 19.3. The average molecular weight is 443 g/mol. The van der Waals surface area contributed by atoms with Crippen LogP contribution < -0.4 is 10.3 Å². The van der Waals surface area contributed by atoms with Gasteiger partial charge in [0.25, 0.3) is 5.56 Å². The first-order valence-electron chi connectivity index (χ1n) is 10.6. The summed E-state index contributed by atoms with van der Waals surface area (Å²) in [5, 5.41) is 13.4. The molecule has 1 unspecified atom stereocenters. The third-order valence-electron chi connectivity index (χ3n) is 6.41. The predicted molar refractivity (Wildman–Crippen MR) is 122 cm³/mol. The normalized spacial score (nSPS) is 22.2. The number of nitrogens with one attached hydrogen (secondary N) is 1. The lowest BCUT2D eigenvalue weighted by Gasteiger charge is -2.43. The summed E-state index contributed by atoms with van der Waals surface area (Å²) in [6.45, 7) is 5.81. The Morgan fingerprint density at radius 2 is 2.00 bits per heavy atom. The second-order valence-corrected chi connectivity index (χ2v) is 12.9. The number of benzene rings is 2. The Hall–Kier alpha value is -2.39. The van der Waals surface area contributed by atoms with Gasteiger partial charge in [0.05, 0.1) is 22.7 Å². The molecule has 2 aromatic carbocycles. The SMILES string of the molecule is CO[C@H]1c2cc(-n3[nH]c4ccccc4c3=O)ccc2O[C@@H](C(CCO)[Si](C)(C)O)[C@@H]1C. The van der Waals surface area contributed by atoms with E-state index >= 15 is 0 Å². The van der Waals surface area contributed by atoms with E-state index in [4.69, 9.17) is 9.47 Å². The highest BCUT2D eigenvalue weighted by molar-refractivity contribution is 6.71. The van der Waals surface area contributed by atoms with E-state index < -0.39 is 8.32 Å².